The molecule has 1 N–H and O–H groups in total. The second-order valence-corrected chi connectivity index (χ2v) is 9.14. The number of para-hydroxylation sites is 1. The van der Waals surface area contributed by atoms with Crippen molar-refractivity contribution in [1.29, 1.82) is 0 Å². The van der Waals surface area contributed by atoms with Gasteiger partial charge in [0.1, 0.15) is 0 Å². The number of hydrogen-bond acceptors (Lipinski definition) is 6. The molecule has 0 radical (unpaired) electrons. The third-order valence-corrected chi connectivity index (χ3v) is 6.56. The normalized spacial score (nSPS) is 10.9. The highest BCUT2D eigenvalue weighted by Gasteiger charge is 2.14. The van der Waals surface area contributed by atoms with Crippen LogP contribution in [0.2, 0.25) is 0 Å². The average molecular weight is 451 g/mol. The van der Waals surface area contributed by atoms with E-state index in [1.54, 1.807) is 22.0 Å². The molecule has 8 heteroatoms. The molecule has 0 atom stereocenters. The van der Waals surface area contributed by atoms with Crippen molar-refractivity contribution in [2.24, 2.45) is 0 Å². The van der Waals surface area contributed by atoms with Crippen LogP contribution in [0.15, 0.2) is 76.0 Å². The van der Waals surface area contributed by atoms with E-state index in [4.69, 9.17) is 0 Å². The van der Waals surface area contributed by atoms with Gasteiger partial charge in [0.05, 0.1) is 23.2 Å². The van der Waals surface area contributed by atoms with Gasteiger partial charge in [-0.3, -0.25) is 14.2 Å². The van der Waals surface area contributed by atoms with Crippen molar-refractivity contribution in [3.05, 3.63) is 81.3 Å². The average Bonchev–Trinajstić information content (AvgIpc) is 3.28. The fourth-order valence-corrected chi connectivity index (χ4v) is 4.62. The largest absolute Gasteiger partial charge is 0.378 e. The van der Waals surface area contributed by atoms with E-state index in [9.17, 15) is 9.59 Å². The van der Waals surface area contributed by atoms with Gasteiger partial charge in [-0.15, -0.1) is 11.3 Å². The fourth-order valence-electron chi connectivity index (χ4n) is 3.13. The molecule has 6 nitrogen and oxygen atoms in total. The van der Waals surface area contributed by atoms with Gasteiger partial charge in [-0.05, 0) is 47.8 Å². The van der Waals surface area contributed by atoms with Crippen molar-refractivity contribution < 1.29 is 4.79 Å². The first-order valence-electron chi connectivity index (χ1n) is 9.73. The Labute approximate surface area is 188 Å². The molecule has 0 fully saturated rings. The van der Waals surface area contributed by atoms with E-state index in [1.165, 1.54) is 11.8 Å². The highest BCUT2D eigenvalue weighted by atomic mass is 32.2. The number of thioether (sulfide) groups is 1. The molecule has 0 unspecified atom stereocenters. The number of carbonyl (C=O) groups is 1. The molecule has 0 saturated carbocycles. The molecule has 2 heterocycles. The maximum absolute atomic E-state index is 13.1. The summed E-state index contributed by atoms with van der Waals surface area (Å²) in [6.45, 7) is 0.435. The van der Waals surface area contributed by atoms with E-state index < -0.39 is 0 Å². The van der Waals surface area contributed by atoms with Crippen LogP contribution in [0.1, 0.15) is 4.88 Å². The zero-order chi connectivity index (χ0) is 21.8. The molecule has 0 bridgehead atoms. The molecule has 0 saturated heterocycles. The minimum atomic E-state index is -0.146. The summed E-state index contributed by atoms with van der Waals surface area (Å²) < 4.78 is 1.65. The zero-order valence-electron chi connectivity index (χ0n) is 17.2. The van der Waals surface area contributed by atoms with Crippen molar-refractivity contribution >= 4 is 51.3 Å². The van der Waals surface area contributed by atoms with Crippen LogP contribution in [-0.2, 0) is 11.3 Å². The van der Waals surface area contributed by atoms with Crippen molar-refractivity contribution in [3.8, 4) is 0 Å². The van der Waals surface area contributed by atoms with Gasteiger partial charge in [0.2, 0.25) is 5.91 Å². The van der Waals surface area contributed by atoms with Gasteiger partial charge in [0, 0.05) is 30.3 Å². The number of nitrogens with one attached hydrogen (secondary N) is 1. The summed E-state index contributed by atoms with van der Waals surface area (Å²) in [7, 11) is 3.94. The lowest BCUT2D eigenvalue weighted by atomic mass is 10.2. The van der Waals surface area contributed by atoms with Gasteiger partial charge in [0.15, 0.2) is 5.16 Å². The summed E-state index contributed by atoms with van der Waals surface area (Å²) in [5.74, 6) is 0.0117. The number of aromatic nitrogens is 2. The number of carbonyl (C=O) groups excluding carboxylic acids is 1. The van der Waals surface area contributed by atoms with E-state index in [2.05, 4.69) is 10.3 Å². The SMILES string of the molecule is CN(C)c1ccc(NC(=O)CSc2nc3ccccc3c(=O)n2Cc2cccs2)cc1. The Bertz CT molecular complexity index is 1250. The maximum Gasteiger partial charge on any atom is 0.262 e. The Balaban J connectivity index is 1.54. The van der Waals surface area contributed by atoms with Crippen LogP contribution in [0.3, 0.4) is 0 Å². The first kappa shape index (κ1) is 21.1. The Hall–Kier alpha value is -3.10. The Morgan fingerprint density at radius 3 is 2.58 bits per heavy atom. The molecule has 31 heavy (non-hydrogen) atoms. The quantitative estimate of drug-likeness (QED) is 0.336. The van der Waals surface area contributed by atoms with Crippen LogP contribution in [0.4, 0.5) is 11.4 Å². The number of hydrogen-bond donors (Lipinski definition) is 1. The topological polar surface area (TPSA) is 67.2 Å². The highest BCUT2D eigenvalue weighted by Crippen LogP contribution is 2.21. The number of rotatable bonds is 7. The molecule has 4 rings (SSSR count). The summed E-state index contributed by atoms with van der Waals surface area (Å²) in [5.41, 5.74) is 2.34. The van der Waals surface area contributed by atoms with E-state index in [0.29, 0.717) is 22.6 Å². The summed E-state index contributed by atoms with van der Waals surface area (Å²) in [6.07, 6.45) is 0. The van der Waals surface area contributed by atoms with Crippen molar-refractivity contribution in [2.75, 3.05) is 30.1 Å². The van der Waals surface area contributed by atoms with Crippen LogP contribution >= 0.6 is 23.1 Å². The predicted octanol–water partition coefficient (Wildman–Crippen LogP) is 4.30. The first-order valence-corrected chi connectivity index (χ1v) is 11.6. The van der Waals surface area contributed by atoms with Gasteiger partial charge < -0.3 is 10.2 Å². The molecular weight excluding hydrogens is 428 g/mol. The molecule has 0 spiro atoms. The van der Waals surface area contributed by atoms with Crippen LogP contribution in [0, 0.1) is 0 Å². The smallest absolute Gasteiger partial charge is 0.262 e. The minimum absolute atomic E-state index is 0.0961. The van der Waals surface area contributed by atoms with E-state index in [-0.39, 0.29) is 17.2 Å². The molecule has 0 aliphatic heterocycles. The number of benzene rings is 2. The maximum atomic E-state index is 13.1. The van der Waals surface area contributed by atoms with E-state index >= 15 is 0 Å². The molecule has 2 aromatic carbocycles. The number of anilines is 2. The van der Waals surface area contributed by atoms with Crippen LogP contribution in [0.5, 0.6) is 0 Å². The van der Waals surface area contributed by atoms with E-state index in [1.807, 2.05) is 79.0 Å². The summed E-state index contributed by atoms with van der Waals surface area (Å²) >= 11 is 2.86. The Kier molecular flexibility index (Phi) is 6.39. The number of nitrogens with zero attached hydrogens (tertiary/aromatic N) is 3. The van der Waals surface area contributed by atoms with Crippen LogP contribution in [0.25, 0.3) is 10.9 Å². The lowest BCUT2D eigenvalue weighted by Gasteiger charge is -2.14. The first-order chi connectivity index (χ1) is 15.0. The van der Waals surface area contributed by atoms with Crippen molar-refractivity contribution in [2.45, 2.75) is 11.7 Å². The van der Waals surface area contributed by atoms with Crippen molar-refractivity contribution in [1.82, 2.24) is 9.55 Å². The summed E-state index contributed by atoms with van der Waals surface area (Å²) in [4.78, 5) is 33.4. The molecule has 0 aliphatic rings. The fraction of sp³-hybridized carbons (Fsp3) is 0.174. The molecule has 4 aromatic rings. The van der Waals surface area contributed by atoms with Gasteiger partial charge in [-0.1, -0.05) is 30.0 Å². The molecular formula is C23H22N4O2S2. The zero-order valence-corrected chi connectivity index (χ0v) is 18.9. The second kappa shape index (κ2) is 9.36. The summed E-state index contributed by atoms with van der Waals surface area (Å²) in [6, 6.07) is 18.9. The number of fused-ring (bicyclic) bond motifs is 1. The molecule has 158 valence electrons. The molecule has 2 aromatic heterocycles. The predicted molar refractivity (Wildman–Crippen MR) is 130 cm³/mol. The highest BCUT2D eigenvalue weighted by molar-refractivity contribution is 7.99. The van der Waals surface area contributed by atoms with Crippen LogP contribution < -0.4 is 15.8 Å². The van der Waals surface area contributed by atoms with Crippen LogP contribution in [-0.4, -0.2) is 35.3 Å². The molecule has 1 amide bonds. The number of thiophene rings is 1. The monoisotopic (exact) mass is 450 g/mol. The standard InChI is InChI=1S/C23H22N4O2S2/c1-26(2)17-11-9-16(10-12-17)24-21(28)15-31-23-25-20-8-4-3-7-19(20)22(29)27(23)14-18-6-5-13-30-18/h3-13H,14-15H2,1-2H3,(H,24,28). The Morgan fingerprint density at radius 1 is 1.10 bits per heavy atom. The summed E-state index contributed by atoms with van der Waals surface area (Å²) in [5, 5.41) is 6.00. The molecule has 0 aliphatic carbocycles. The lowest BCUT2D eigenvalue weighted by Crippen LogP contribution is -2.24. The third-order valence-electron chi connectivity index (χ3n) is 4.72. The van der Waals surface area contributed by atoms with Crippen molar-refractivity contribution in [3.63, 3.8) is 0 Å². The number of amides is 1. The van der Waals surface area contributed by atoms with E-state index in [0.717, 1.165) is 16.3 Å². The van der Waals surface area contributed by atoms with Gasteiger partial charge in [-0.25, -0.2) is 4.98 Å². The van der Waals surface area contributed by atoms with Gasteiger partial charge >= 0.3 is 0 Å². The van der Waals surface area contributed by atoms with Gasteiger partial charge in [0.25, 0.3) is 5.56 Å². The lowest BCUT2D eigenvalue weighted by molar-refractivity contribution is -0.113. The van der Waals surface area contributed by atoms with Gasteiger partial charge in [-0.2, -0.15) is 0 Å². The Morgan fingerprint density at radius 2 is 1.87 bits per heavy atom. The second-order valence-electron chi connectivity index (χ2n) is 7.16. The minimum Gasteiger partial charge on any atom is -0.378 e. The third kappa shape index (κ3) is 4.98.